The van der Waals surface area contributed by atoms with Gasteiger partial charge in [-0.3, -0.25) is 4.99 Å². The lowest BCUT2D eigenvalue weighted by molar-refractivity contribution is 0.0575. The van der Waals surface area contributed by atoms with Crippen LogP contribution < -0.4 is 11.1 Å². The van der Waals surface area contributed by atoms with Gasteiger partial charge < -0.3 is 16.2 Å². The first-order valence-corrected chi connectivity index (χ1v) is 5.42. The summed E-state index contributed by atoms with van der Waals surface area (Å²) in [6.45, 7) is 6.71. The van der Waals surface area contributed by atoms with E-state index >= 15 is 0 Å². The largest absolute Gasteiger partial charge is 0.388 e. The third kappa shape index (κ3) is 4.34. The molecule has 0 aliphatic heterocycles. The second kappa shape index (κ2) is 5.16. The van der Waals surface area contributed by atoms with Crippen LogP contribution in [0.5, 0.6) is 0 Å². The van der Waals surface area contributed by atoms with Crippen LogP contribution in [-0.2, 0) is 0 Å². The van der Waals surface area contributed by atoms with Crippen LogP contribution in [0.1, 0.15) is 32.6 Å². The molecule has 0 aromatic carbocycles. The van der Waals surface area contributed by atoms with Gasteiger partial charge in [-0.2, -0.15) is 0 Å². The van der Waals surface area contributed by atoms with Crippen molar-refractivity contribution in [1.29, 1.82) is 0 Å². The van der Waals surface area contributed by atoms with Gasteiger partial charge in [-0.1, -0.05) is 25.0 Å². The second-order valence-electron chi connectivity index (χ2n) is 4.44. The summed E-state index contributed by atoms with van der Waals surface area (Å²) in [4.78, 5) is 4.14. The Balaban J connectivity index is 2.32. The summed E-state index contributed by atoms with van der Waals surface area (Å²) < 4.78 is 0. The lowest BCUT2D eigenvalue weighted by Crippen LogP contribution is -2.36. The van der Waals surface area contributed by atoms with E-state index in [1.807, 2.05) is 6.92 Å². The fourth-order valence-electron chi connectivity index (χ4n) is 1.72. The Morgan fingerprint density at radius 2 is 2.13 bits per heavy atom. The minimum absolute atomic E-state index is 0.387. The SMILES string of the molecule is C=C(C)CNC(N)=NCC1(O)CCCC1. The van der Waals surface area contributed by atoms with Crippen LogP contribution in [0.4, 0.5) is 0 Å². The molecule has 0 atom stereocenters. The van der Waals surface area contributed by atoms with Gasteiger partial charge >= 0.3 is 0 Å². The molecule has 4 N–H and O–H groups in total. The minimum Gasteiger partial charge on any atom is -0.388 e. The van der Waals surface area contributed by atoms with Gasteiger partial charge in [0.2, 0.25) is 0 Å². The van der Waals surface area contributed by atoms with E-state index in [0.717, 1.165) is 31.3 Å². The molecule has 0 aromatic rings. The number of rotatable bonds is 4. The Hall–Kier alpha value is -1.03. The smallest absolute Gasteiger partial charge is 0.188 e. The molecule has 15 heavy (non-hydrogen) atoms. The number of hydrogen-bond acceptors (Lipinski definition) is 2. The van der Waals surface area contributed by atoms with Crippen molar-refractivity contribution >= 4 is 5.96 Å². The second-order valence-corrected chi connectivity index (χ2v) is 4.44. The van der Waals surface area contributed by atoms with E-state index in [4.69, 9.17) is 5.73 Å². The van der Waals surface area contributed by atoms with Crippen LogP contribution in [0.3, 0.4) is 0 Å². The molecule has 4 nitrogen and oxygen atoms in total. The Bertz CT molecular complexity index is 255. The van der Waals surface area contributed by atoms with E-state index < -0.39 is 5.60 Å². The fourth-order valence-corrected chi connectivity index (χ4v) is 1.72. The molecule has 1 aliphatic carbocycles. The number of nitrogens with zero attached hydrogens (tertiary/aromatic N) is 1. The Morgan fingerprint density at radius 1 is 1.53 bits per heavy atom. The molecule has 86 valence electrons. The highest BCUT2D eigenvalue weighted by Gasteiger charge is 2.30. The fraction of sp³-hybridized carbons (Fsp3) is 0.727. The summed E-state index contributed by atoms with van der Waals surface area (Å²) in [7, 11) is 0. The zero-order chi connectivity index (χ0) is 11.3. The molecular weight excluding hydrogens is 190 g/mol. The van der Waals surface area contributed by atoms with Crippen LogP contribution in [0, 0.1) is 0 Å². The normalized spacial score (nSPS) is 20.3. The number of nitrogens with one attached hydrogen (secondary N) is 1. The van der Waals surface area contributed by atoms with E-state index in [0.29, 0.717) is 19.0 Å². The lowest BCUT2D eigenvalue weighted by atomic mass is 10.0. The third-order valence-corrected chi connectivity index (χ3v) is 2.65. The highest BCUT2D eigenvalue weighted by molar-refractivity contribution is 5.78. The van der Waals surface area contributed by atoms with E-state index in [-0.39, 0.29) is 0 Å². The van der Waals surface area contributed by atoms with Gasteiger partial charge in [-0.25, -0.2) is 0 Å². The van der Waals surface area contributed by atoms with Crippen LogP contribution in [-0.4, -0.2) is 29.8 Å². The van der Waals surface area contributed by atoms with Crippen molar-refractivity contribution in [3.63, 3.8) is 0 Å². The van der Waals surface area contributed by atoms with E-state index in [2.05, 4.69) is 16.9 Å². The Kier molecular flexibility index (Phi) is 4.15. The molecular formula is C11H21N3O. The molecule has 0 spiro atoms. The molecule has 1 aliphatic rings. The molecule has 1 saturated carbocycles. The average molecular weight is 211 g/mol. The van der Waals surface area contributed by atoms with Crippen molar-refractivity contribution in [2.45, 2.75) is 38.2 Å². The number of hydrogen-bond donors (Lipinski definition) is 3. The average Bonchev–Trinajstić information content (AvgIpc) is 2.60. The van der Waals surface area contributed by atoms with E-state index in [1.165, 1.54) is 0 Å². The van der Waals surface area contributed by atoms with Gasteiger partial charge in [0.25, 0.3) is 0 Å². The summed E-state index contributed by atoms with van der Waals surface area (Å²) in [5.41, 5.74) is 6.04. The maximum Gasteiger partial charge on any atom is 0.188 e. The standard InChI is InChI=1S/C11H21N3O/c1-9(2)7-13-10(12)14-8-11(15)5-3-4-6-11/h15H,1,3-8H2,2H3,(H3,12,13,14). The van der Waals surface area contributed by atoms with Gasteiger partial charge in [0.1, 0.15) is 0 Å². The Labute approximate surface area is 91.3 Å². The first kappa shape index (κ1) is 12.0. The number of nitrogens with two attached hydrogens (primary N) is 1. The zero-order valence-corrected chi connectivity index (χ0v) is 9.42. The third-order valence-electron chi connectivity index (χ3n) is 2.65. The van der Waals surface area contributed by atoms with Crippen molar-refractivity contribution < 1.29 is 5.11 Å². The molecule has 0 bridgehead atoms. The molecule has 0 amide bonds. The summed E-state index contributed by atoms with van der Waals surface area (Å²) in [5.74, 6) is 0.387. The molecule has 0 aromatic heterocycles. The number of aliphatic hydroxyl groups is 1. The van der Waals surface area contributed by atoms with Gasteiger partial charge in [0.05, 0.1) is 12.1 Å². The predicted molar refractivity (Wildman–Crippen MR) is 62.7 cm³/mol. The molecule has 1 fully saturated rings. The van der Waals surface area contributed by atoms with Gasteiger partial charge in [-0.05, 0) is 19.8 Å². The van der Waals surface area contributed by atoms with Crippen molar-refractivity contribution in [2.24, 2.45) is 10.7 Å². The highest BCUT2D eigenvalue weighted by atomic mass is 16.3. The topological polar surface area (TPSA) is 70.6 Å². The molecule has 1 rings (SSSR count). The molecule has 0 saturated heterocycles. The maximum absolute atomic E-state index is 10.0. The number of aliphatic imine (C=N–C) groups is 1. The monoisotopic (exact) mass is 211 g/mol. The van der Waals surface area contributed by atoms with Crippen molar-refractivity contribution in [3.05, 3.63) is 12.2 Å². The van der Waals surface area contributed by atoms with Crippen LogP contribution >= 0.6 is 0 Å². The Morgan fingerprint density at radius 3 is 2.67 bits per heavy atom. The quantitative estimate of drug-likeness (QED) is 0.365. The van der Waals surface area contributed by atoms with Gasteiger partial charge in [0.15, 0.2) is 5.96 Å². The minimum atomic E-state index is -0.616. The summed E-state index contributed by atoms with van der Waals surface area (Å²) >= 11 is 0. The summed E-state index contributed by atoms with van der Waals surface area (Å²) in [6.07, 6.45) is 3.85. The van der Waals surface area contributed by atoms with E-state index in [9.17, 15) is 5.11 Å². The van der Waals surface area contributed by atoms with Crippen LogP contribution in [0.2, 0.25) is 0 Å². The van der Waals surface area contributed by atoms with Crippen molar-refractivity contribution in [2.75, 3.05) is 13.1 Å². The summed E-state index contributed by atoms with van der Waals surface area (Å²) in [6, 6.07) is 0. The molecule has 0 heterocycles. The maximum atomic E-state index is 10.0. The highest BCUT2D eigenvalue weighted by Crippen LogP contribution is 2.29. The van der Waals surface area contributed by atoms with Gasteiger partial charge in [0, 0.05) is 6.54 Å². The van der Waals surface area contributed by atoms with Gasteiger partial charge in [-0.15, -0.1) is 0 Å². The molecule has 0 radical (unpaired) electrons. The van der Waals surface area contributed by atoms with Crippen molar-refractivity contribution in [3.8, 4) is 0 Å². The van der Waals surface area contributed by atoms with E-state index in [1.54, 1.807) is 0 Å². The zero-order valence-electron chi connectivity index (χ0n) is 9.42. The first-order chi connectivity index (χ1) is 7.02. The summed E-state index contributed by atoms with van der Waals surface area (Å²) in [5, 5.41) is 12.9. The number of guanidine groups is 1. The van der Waals surface area contributed by atoms with Crippen molar-refractivity contribution in [1.82, 2.24) is 5.32 Å². The van der Waals surface area contributed by atoms with Crippen LogP contribution in [0.25, 0.3) is 0 Å². The predicted octanol–water partition coefficient (Wildman–Crippen LogP) is 0.772. The molecule has 4 heteroatoms. The molecule has 0 unspecified atom stereocenters. The lowest BCUT2D eigenvalue weighted by Gasteiger charge is -2.19. The van der Waals surface area contributed by atoms with Crippen LogP contribution in [0.15, 0.2) is 17.1 Å². The first-order valence-electron chi connectivity index (χ1n) is 5.42.